The van der Waals surface area contributed by atoms with E-state index in [0.29, 0.717) is 5.01 Å². The van der Waals surface area contributed by atoms with Crippen molar-refractivity contribution in [1.82, 2.24) is 9.71 Å². The van der Waals surface area contributed by atoms with Crippen LogP contribution in [0, 0.1) is 6.92 Å². The molecule has 9 heteroatoms. The molecule has 0 amide bonds. The second kappa shape index (κ2) is 6.10. The van der Waals surface area contributed by atoms with E-state index in [1.165, 1.54) is 23.5 Å². The van der Waals surface area contributed by atoms with Gasteiger partial charge >= 0.3 is 5.97 Å². The molecule has 0 unspecified atom stereocenters. The highest BCUT2D eigenvalue weighted by atomic mass is 35.5. The van der Waals surface area contributed by atoms with Crippen molar-refractivity contribution in [2.75, 3.05) is 0 Å². The Hall–Kier alpha value is -1.48. The second-order valence-electron chi connectivity index (χ2n) is 4.14. The number of nitrogens with one attached hydrogen (secondary N) is 1. The quantitative estimate of drug-likeness (QED) is 0.865. The van der Waals surface area contributed by atoms with Crippen molar-refractivity contribution in [2.45, 2.75) is 18.4 Å². The molecule has 2 N–H and O–H groups in total. The summed E-state index contributed by atoms with van der Waals surface area (Å²) in [5.74, 6) is -1.28. The first-order chi connectivity index (χ1) is 9.79. The minimum Gasteiger partial charge on any atom is -0.478 e. The van der Waals surface area contributed by atoms with E-state index >= 15 is 0 Å². The number of hydrogen-bond acceptors (Lipinski definition) is 5. The molecule has 0 saturated heterocycles. The van der Waals surface area contributed by atoms with Gasteiger partial charge in [0.2, 0.25) is 10.0 Å². The van der Waals surface area contributed by atoms with Crippen LogP contribution >= 0.6 is 22.9 Å². The maximum atomic E-state index is 12.1. The molecule has 0 aliphatic heterocycles. The van der Waals surface area contributed by atoms with Gasteiger partial charge in [-0.2, -0.15) is 0 Å². The Labute approximate surface area is 130 Å². The van der Waals surface area contributed by atoms with Gasteiger partial charge in [-0.15, -0.1) is 11.3 Å². The molecule has 2 aromatic rings. The molecular weight excluding hydrogens is 336 g/mol. The summed E-state index contributed by atoms with van der Waals surface area (Å²) in [6.45, 7) is 1.92. The summed E-state index contributed by atoms with van der Waals surface area (Å²) < 4.78 is 26.6. The lowest BCUT2D eigenvalue weighted by molar-refractivity contribution is 0.0697. The van der Waals surface area contributed by atoms with Gasteiger partial charge in [-0.3, -0.25) is 0 Å². The second-order valence-corrected chi connectivity index (χ2v) is 7.63. The van der Waals surface area contributed by atoms with Crippen LogP contribution in [0.3, 0.4) is 0 Å². The van der Waals surface area contributed by atoms with Gasteiger partial charge in [0, 0.05) is 11.1 Å². The molecular formula is C12H11ClN2O4S2. The van der Waals surface area contributed by atoms with Crippen LogP contribution in [0.4, 0.5) is 0 Å². The molecule has 1 heterocycles. The highest BCUT2D eigenvalue weighted by molar-refractivity contribution is 7.89. The van der Waals surface area contributed by atoms with E-state index in [0.717, 1.165) is 10.9 Å². The van der Waals surface area contributed by atoms with Crippen molar-refractivity contribution >= 4 is 38.9 Å². The van der Waals surface area contributed by atoms with Crippen LogP contribution in [0.5, 0.6) is 0 Å². The minimum atomic E-state index is -3.83. The van der Waals surface area contributed by atoms with Gasteiger partial charge in [0.25, 0.3) is 0 Å². The average Bonchev–Trinajstić information content (AvgIpc) is 2.82. The molecule has 2 rings (SSSR count). The maximum Gasteiger partial charge on any atom is 0.337 e. The fourth-order valence-corrected chi connectivity index (χ4v) is 3.59. The number of carboxylic acid groups (broad SMARTS) is 1. The van der Waals surface area contributed by atoms with Crippen LogP contribution in [-0.4, -0.2) is 24.5 Å². The van der Waals surface area contributed by atoms with Crippen molar-refractivity contribution in [3.8, 4) is 0 Å². The van der Waals surface area contributed by atoms with Crippen LogP contribution in [0.1, 0.15) is 20.2 Å². The van der Waals surface area contributed by atoms with Gasteiger partial charge in [-0.25, -0.2) is 22.9 Å². The van der Waals surface area contributed by atoms with Gasteiger partial charge in [0.05, 0.1) is 22.0 Å². The molecule has 0 spiro atoms. The van der Waals surface area contributed by atoms with Crippen molar-refractivity contribution < 1.29 is 18.3 Å². The molecule has 6 nitrogen and oxygen atoms in total. The summed E-state index contributed by atoms with van der Waals surface area (Å²) in [5.41, 5.74) is -0.260. The lowest BCUT2D eigenvalue weighted by atomic mass is 10.2. The standard InChI is InChI=1S/C12H11ClN2O4S2/c1-7-5-14-11(20-7)6-15-21(18,19)8-2-3-10(13)9(4-8)12(16)17/h2-5,15H,6H2,1H3,(H,16,17). The Bertz CT molecular complexity index is 786. The zero-order valence-electron chi connectivity index (χ0n) is 10.8. The van der Waals surface area contributed by atoms with Gasteiger partial charge in [0.1, 0.15) is 5.01 Å². The number of aromatic nitrogens is 1. The van der Waals surface area contributed by atoms with Gasteiger partial charge < -0.3 is 5.11 Å². The Morgan fingerprint density at radius 3 is 2.76 bits per heavy atom. The molecule has 1 aromatic heterocycles. The molecule has 0 atom stereocenters. The van der Waals surface area contributed by atoms with E-state index in [4.69, 9.17) is 16.7 Å². The predicted octanol–water partition coefficient (Wildman–Crippen LogP) is 2.28. The fourth-order valence-electron chi connectivity index (χ4n) is 1.56. The van der Waals surface area contributed by atoms with Crippen molar-refractivity contribution in [3.05, 3.63) is 44.9 Å². The summed E-state index contributed by atoms with van der Waals surface area (Å²) in [5, 5.41) is 9.57. The van der Waals surface area contributed by atoms with E-state index in [9.17, 15) is 13.2 Å². The van der Waals surface area contributed by atoms with Crippen LogP contribution in [0.2, 0.25) is 5.02 Å². The van der Waals surface area contributed by atoms with Crippen molar-refractivity contribution in [3.63, 3.8) is 0 Å². The van der Waals surface area contributed by atoms with E-state index in [1.807, 2.05) is 6.92 Å². The first-order valence-electron chi connectivity index (χ1n) is 5.73. The number of carboxylic acids is 1. The summed E-state index contributed by atoms with van der Waals surface area (Å²) in [6, 6.07) is 3.53. The Morgan fingerprint density at radius 1 is 1.48 bits per heavy atom. The lowest BCUT2D eigenvalue weighted by Crippen LogP contribution is -2.23. The molecule has 0 fully saturated rings. The van der Waals surface area contributed by atoms with Gasteiger partial charge in [-0.1, -0.05) is 11.6 Å². The predicted molar refractivity (Wildman–Crippen MR) is 79.3 cm³/mol. The number of carbonyl (C=O) groups is 1. The Balaban J connectivity index is 2.23. The number of halogens is 1. The van der Waals surface area contributed by atoms with Crippen molar-refractivity contribution in [1.29, 1.82) is 0 Å². The third kappa shape index (κ3) is 3.79. The number of thiazole rings is 1. The van der Waals surface area contributed by atoms with E-state index in [-0.39, 0.29) is 22.0 Å². The molecule has 0 saturated carbocycles. The summed E-state index contributed by atoms with van der Waals surface area (Å²) in [6.07, 6.45) is 1.65. The molecule has 21 heavy (non-hydrogen) atoms. The molecule has 0 aliphatic rings. The molecule has 0 aliphatic carbocycles. The topological polar surface area (TPSA) is 96.4 Å². The van der Waals surface area contributed by atoms with Crippen LogP contribution in [0.15, 0.2) is 29.3 Å². The number of sulfonamides is 1. The third-order valence-electron chi connectivity index (χ3n) is 2.56. The van der Waals surface area contributed by atoms with Crippen molar-refractivity contribution in [2.24, 2.45) is 0 Å². The number of aromatic carboxylic acids is 1. The molecule has 112 valence electrons. The largest absolute Gasteiger partial charge is 0.478 e. The first-order valence-corrected chi connectivity index (χ1v) is 8.41. The average molecular weight is 347 g/mol. The summed E-state index contributed by atoms with van der Waals surface area (Å²) >= 11 is 7.09. The number of nitrogens with zero attached hydrogens (tertiary/aromatic N) is 1. The monoisotopic (exact) mass is 346 g/mol. The maximum absolute atomic E-state index is 12.1. The minimum absolute atomic E-state index is 0.0167. The molecule has 0 radical (unpaired) electrons. The van der Waals surface area contributed by atoms with E-state index in [2.05, 4.69) is 9.71 Å². The third-order valence-corrected chi connectivity index (χ3v) is 5.20. The zero-order chi connectivity index (χ0) is 15.6. The van der Waals surface area contributed by atoms with Gasteiger partial charge in [-0.05, 0) is 25.1 Å². The smallest absolute Gasteiger partial charge is 0.337 e. The number of rotatable bonds is 5. The van der Waals surface area contributed by atoms with Crippen LogP contribution in [-0.2, 0) is 16.6 Å². The SMILES string of the molecule is Cc1cnc(CNS(=O)(=O)c2ccc(Cl)c(C(=O)O)c2)s1. The molecule has 1 aromatic carbocycles. The summed E-state index contributed by atoms with van der Waals surface area (Å²) in [4.78, 5) is 15.8. The number of hydrogen-bond donors (Lipinski definition) is 2. The zero-order valence-corrected chi connectivity index (χ0v) is 13.2. The number of benzene rings is 1. The van der Waals surface area contributed by atoms with E-state index in [1.54, 1.807) is 6.20 Å². The van der Waals surface area contributed by atoms with E-state index < -0.39 is 16.0 Å². The Morgan fingerprint density at radius 2 is 2.19 bits per heavy atom. The summed E-state index contributed by atoms with van der Waals surface area (Å²) in [7, 11) is -3.83. The van der Waals surface area contributed by atoms with Gasteiger partial charge in [0.15, 0.2) is 0 Å². The normalized spacial score (nSPS) is 11.5. The lowest BCUT2D eigenvalue weighted by Gasteiger charge is -2.07. The van der Waals surface area contributed by atoms with Crippen LogP contribution in [0.25, 0.3) is 0 Å². The molecule has 0 bridgehead atoms. The fraction of sp³-hybridized carbons (Fsp3) is 0.167. The first kappa shape index (κ1) is 15.9. The highest BCUT2D eigenvalue weighted by Gasteiger charge is 2.18. The Kier molecular flexibility index (Phi) is 4.62. The van der Waals surface area contributed by atoms with Crippen LogP contribution < -0.4 is 4.72 Å². The highest BCUT2D eigenvalue weighted by Crippen LogP contribution is 2.21. The number of aryl methyl sites for hydroxylation is 1.